The van der Waals surface area contributed by atoms with Crippen molar-refractivity contribution in [3.05, 3.63) is 24.3 Å². The molecule has 3 atom stereocenters. The minimum atomic E-state index is -0.785. The Kier molecular flexibility index (Phi) is 48.0. The standard InChI is InChI=1S/C55H105NO5/c1-4-7-10-13-16-19-22-25-27-29-32-35-38-41-44-47-53(58)52(50-57)56-54(59)49-51(46-43-40-37-34-31-24-21-18-15-12-9-6-3)61-55(60)48-45-42-39-36-33-30-28-26-23-20-17-14-11-8-5-2/h17,20,23,26,51-53,57-58H,4-16,18-19,21-22,24-25,27-50H2,1-3H3,(H,56,59)/b20-17+,26-23+. The number of rotatable bonds is 49. The summed E-state index contributed by atoms with van der Waals surface area (Å²) in [4.78, 5) is 26.2. The number of allylic oxidation sites excluding steroid dienone is 4. The van der Waals surface area contributed by atoms with Crippen molar-refractivity contribution in [3.8, 4) is 0 Å². The zero-order chi connectivity index (χ0) is 44.5. The van der Waals surface area contributed by atoms with Crippen molar-refractivity contribution in [1.82, 2.24) is 5.32 Å². The quantitative estimate of drug-likeness (QED) is 0.0322. The van der Waals surface area contributed by atoms with Crippen molar-refractivity contribution in [2.75, 3.05) is 6.61 Å². The Morgan fingerprint density at radius 1 is 0.475 bits per heavy atom. The number of esters is 1. The van der Waals surface area contributed by atoms with E-state index in [-0.39, 0.29) is 24.9 Å². The first-order valence-corrected chi connectivity index (χ1v) is 27.1. The molecule has 1 amide bonds. The molecule has 0 aromatic carbocycles. The third kappa shape index (κ3) is 44.7. The molecule has 6 nitrogen and oxygen atoms in total. The second kappa shape index (κ2) is 49.4. The number of aliphatic hydroxyl groups excluding tert-OH is 2. The zero-order valence-electron chi connectivity index (χ0n) is 41.1. The van der Waals surface area contributed by atoms with E-state index >= 15 is 0 Å². The maximum atomic E-state index is 13.2. The highest BCUT2D eigenvalue weighted by molar-refractivity contribution is 5.77. The van der Waals surface area contributed by atoms with Crippen LogP contribution in [0.1, 0.15) is 290 Å². The maximum Gasteiger partial charge on any atom is 0.306 e. The summed E-state index contributed by atoms with van der Waals surface area (Å²) in [6.45, 7) is 6.48. The van der Waals surface area contributed by atoms with Crippen LogP contribution in [0.4, 0.5) is 0 Å². The minimum Gasteiger partial charge on any atom is -0.462 e. The van der Waals surface area contributed by atoms with Crippen LogP contribution in [0, 0.1) is 0 Å². The normalized spacial score (nSPS) is 13.3. The van der Waals surface area contributed by atoms with E-state index in [0.717, 1.165) is 51.4 Å². The SMILES string of the molecule is CCCCC/C=C/C=C/CCCCCCCCC(=O)OC(CCCCCCCCCCCCCC)CC(=O)NC(CO)C(O)CCCCCCCCCCCCCCCCC. The van der Waals surface area contributed by atoms with Crippen molar-refractivity contribution in [3.63, 3.8) is 0 Å². The van der Waals surface area contributed by atoms with Gasteiger partial charge in [-0.25, -0.2) is 0 Å². The molecule has 360 valence electrons. The topological polar surface area (TPSA) is 95.9 Å². The van der Waals surface area contributed by atoms with Crippen LogP contribution in [0.15, 0.2) is 24.3 Å². The number of unbranched alkanes of at least 4 members (excludes halogenated alkanes) is 34. The van der Waals surface area contributed by atoms with Gasteiger partial charge >= 0.3 is 5.97 Å². The molecule has 0 fully saturated rings. The van der Waals surface area contributed by atoms with E-state index in [1.807, 2.05) is 0 Å². The number of carbonyl (C=O) groups is 2. The van der Waals surface area contributed by atoms with E-state index in [4.69, 9.17) is 4.74 Å². The number of amides is 1. The average Bonchev–Trinajstić information content (AvgIpc) is 3.25. The molecule has 0 saturated heterocycles. The summed E-state index contributed by atoms with van der Waals surface area (Å²) in [7, 11) is 0. The van der Waals surface area contributed by atoms with Gasteiger partial charge in [0.25, 0.3) is 0 Å². The van der Waals surface area contributed by atoms with E-state index in [0.29, 0.717) is 19.3 Å². The summed E-state index contributed by atoms with van der Waals surface area (Å²) in [6.07, 6.45) is 56.6. The number of nitrogens with one attached hydrogen (secondary N) is 1. The lowest BCUT2D eigenvalue weighted by Crippen LogP contribution is -2.46. The molecule has 61 heavy (non-hydrogen) atoms. The molecule has 0 heterocycles. The van der Waals surface area contributed by atoms with Gasteiger partial charge in [-0.15, -0.1) is 0 Å². The lowest BCUT2D eigenvalue weighted by atomic mass is 10.0. The van der Waals surface area contributed by atoms with E-state index in [2.05, 4.69) is 50.4 Å². The summed E-state index contributed by atoms with van der Waals surface area (Å²) >= 11 is 0. The predicted octanol–water partition coefficient (Wildman–Crippen LogP) is 16.3. The van der Waals surface area contributed by atoms with Gasteiger partial charge in [-0.3, -0.25) is 9.59 Å². The van der Waals surface area contributed by atoms with Crippen LogP contribution in [-0.4, -0.2) is 46.9 Å². The summed E-state index contributed by atoms with van der Waals surface area (Å²) < 4.78 is 5.94. The Bertz CT molecular complexity index is 966. The first-order valence-electron chi connectivity index (χ1n) is 27.1. The lowest BCUT2D eigenvalue weighted by molar-refractivity contribution is -0.151. The van der Waals surface area contributed by atoms with Crippen LogP contribution >= 0.6 is 0 Å². The van der Waals surface area contributed by atoms with Gasteiger partial charge in [0, 0.05) is 6.42 Å². The molecule has 6 heteroatoms. The van der Waals surface area contributed by atoms with E-state index < -0.39 is 18.2 Å². The largest absolute Gasteiger partial charge is 0.462 e. The van der Waals surface area contributed by atoms with E-state index in [1.54, 1.807) is 0 Å². The van der Waals surface area contributed by atoms with E-state index in [9.17, 15) is 19.8 Å². The van der Waals surface area contributed by atoms with Gasteiger partial charge in [0.2, 0.25) is 5.91 Å². The smallest absolute Gasteiger partial charge is 0.306 e. The van der Waals surface area contributed by atoms with Gasteiger partial charge in [-0.2, -0.15) is 0 Å². The van der Waals surface area contributed by atoms with Gasteiger partial charge in [0.05, 0.1) is 25.2 Å². The van der Waals surface area contributed by atoms with Crippen molar-refractivity contribution < 1.29 is 24.5 Å². The Morgan fingerprint density at radius 2 is 0.820 bits per heavy atom. The number of carbonyl (C=O) groups excluding carboxylic acids is 2. The van der Waals surface area contributed by atoms with Gasteiger partial charge in [-0.1, -0.05) is 251 Å². The number of hydrogen-bond donors (Lipinski definition) is 3. The Balaban J connectivity index is 4.51. The predicted molar refractivity (Wildman–Crippen MR) is 264 cm³/mol. The number of hydrogen-bond acceptors (Lipinski definition) is 5. The van der Waals surface area contributed by atoms with Crippen molar-refractivity contribution in [2.24, 2.45) is 0 Å². The van der Waals surface area contributed by atoms with E-state index in [1.165, 1.54) is 193 Å². The number of aliphatic hydroxyl groups is 2. The first-order chi connectivity index (χ1) is 30.0. The fourth-order valence-corrected chi connectivity index (χ4v) is 8.42. The summed E-state index contributed by atoms with van der Waals surface area (Å²) in [5.74, 6) is -0.472. The monoisotopic (exact) mass is 860 g/mol. The van der Waals surface area contributed by atoms with Crippen LogP contribution < -0.4 is 5.32 Å². The molecule has 0 radical (unpaired) electrons. The molecule has 0 aliphatic rings. The Hall–Kier alpha value is -1.66. The summed E-state index contributed by atoms with van der Waals surface area (Å²) in [6, 6.07) is -0.699. The molecule has 0 spiro atoms. The maximum absolute atomic E-state index is 13.2. The average molecular weight is 860 g/mol. The summed E-state index contributed by atoms with van der Waals surface area (Å²) in [5.41, 5.74) is 0. The third-order valence-electron chi connectivity index (χ3n) is 12.6. The molecule has 0 aliphatic carbocycles. The van der Waals surface area contributed by atoms with Crippen LogP contribution in [0.3, 0.4) is 0 Å². The van der Waals surface area contributed by atoms with Gasteiger partial charge in [0.1, 0.15) is 6.10 Å². The van der Waals surface area contributed by atoms with Crippen LogP contribution in [-0.2, 0) is 14.3 Å². The first kappa shape index (κ1) is 59.3. The van der Waals surface area contributed by atoms with Crippen molar-refractivity contribution in [1.29, 1.82) is 0 Å². The lowest BCUT2D eigenvalue weighted by Gasteiger charge is -2.24. The van der Waals surface area contributed by atoms with Gasteiger partial charge < -0.3 is 20.3 Å². The molecule has 0 bridgehead atoms. The second-order valence-electron chi connectivity index (χ2n) is 18.7. The third-order valence-corrected chi connectivity index (χ3v) is 12.6. The summed E-state index contributed by atoms with van der Waals surface area (Å²) in [5, 5.41) is 23.8. The highest BCUT2D eigenvalue weighted by atomic mass is 16.5. The van der Waals surface area contributed by atoms with Crippen LogP contribution in [0.2, 0.25) is 0 Å². The van der Waals surface area contributed by atoms with Crippen LogP contribution in [0.25, 0.3) is 0 Å². The van der Waals surface area contributed by atoms with Gasteiger partial charge in [0.15, 0.2) is 0 Å². The fourth-order valence-electron chi connectivity index (χ4n) is 8.42. The van der Waals surface area contributed by atoms with Crippen LogP contribution in [0.5, 0.6) is 0 Å². The molecular weight excluding hydrogens is 755 g/mol. The fraction of sp³-hybridized carbons (Fsp3) is 0.891. The van der Waals surface area contributed by atoms with Gasteiger partial charge in [-0.05, 0) is 51.4 Å². The highest BCUT2D eigenvalue weighted by Gasteiger charge is 2.24. The molecular formula is C55H105NO5. The van der Waals surface area contributed by atoms with Crippen molar-refractivity contribution >= 4 is 11.9 Å². The molecule has 0 aromatic rings. The number of ether oxygens (including phenoxy) is 1. The highest BCUT2D eigenvalue weighted by Crippen LogP contribution is 2.18. The van der Waals surface area contributed by atoms with Crippen molar-refractivity contribution in [2.45, 2.75) is 309 Å². The minimum absolute atomic E-state index is 0.0784. The zero-order valence-corrected chi connectivity index (χ0v) is 41.1. The molecule has 0 aliphatic heterocycles. The molecule has 0 saturated carbocycles. The second-order valence-corrected chi connectivity index (χ2v) is 18.7. The molecule has 0 rings (SSSR count). The Labute approximate surface area is 380 Å². The Morgan fingerprint density at radius 3 is 1.25 bits per heavy atom. The molecule has 3 unspecified atom stereocenters. The molecule has 3 N–H and O–H groups in total. The molecule has 0 aromatic heterocycles.